The Bertz CT molecular complexity index is 613. The summed E-state index contributed by atoms with van der Waals surface area (Å²) in [5.41, 5.74) is 7.46. The van der Waals surface area contributed by atoms with E-state index in [0.717, 1.165) is 24.1 Å². The van der Waals surface area contributed by atoms with Gasteiger partial charge in [0.15, 0.2) is 15.8 Å². The van der Waals surface area contributed by atoms with Crippen LogP contribution in [0.4, 0.5) is 0 Å². The smallest absolute Gasteiger partial charge is 0.188 e. The number of nitrogens with one attached hydrogen (secondary N) is 1. The molecule has 0 amide bonds. The highest BCUT2D eigenvalue weighted by Crippen LogP contribution is 2.17. The van der Waals surface area contributed by atoms with E-state index in [0.29, 0.717) is 23.3 Å². The molecule has 0 atom stereocenters. The first-order chi connectivity index (χ1) is 9.70. The number of nitrogens with two attached hydrogens (primary N) is 1. The van der Waals surface area contributed by atoms with Gasteiger partial charge in [0.1, 0.15) is 0 Å². The van der Waals surface area contributed by atoms with Gasteiger partial charge in [0, 0.05) is 12.8 Å². The van der Waals surface area contributed by atoms with Gasteiger partial charge in [-0.05, 0) is 36.5 Å². The minimum atomic E-state index is -3.17. The third-order valence-electron chi connectivity index (χ3n) is 3.10. The van der Waals surface area contributed by atoms with Gasteiger partial charge in [0.25, 0.3) is 0 Å². The molecule has 0 spiro atoms. The zero-order valence-electron chi connectivity index (χ0n) is 13.6. The molecule has 0 saturated heterocycles. The molecule has 0 unspecified atom stereocenters. The molecule has 0 radical (unpaired) electrons. The average Bonchev–Trinajstić information content (AvgIpc) is 2.34. The van der Waals surface area contributed by atoms with Crippen molar-refractivity contribution in [3.05, 3.63) is 29.3 Å². The molecule has 0 fully saturated rings. The van der Waals surface area contributed by atoms with Crippen molar-refractivity contribution in [2.75, 3.05) is 12.8 Å². The largest absolute Gasteiger partial charge is 0.370 e. The predicted octanol–water partition coefficient (Wildman–Crippen LogP) is 2.47. The van der Waals surface area contributed by atoms with Gasteiger partial charge in [-0.2, -0.15) is 0 Å². The van der Waals surface area contributed by atoms with E-state index < -0.39 is 9.84 Å². The second-order valence-corrected chi connectivity index (χ2v) is 7.67. The number of nitrogens with zero attached hydrogens (tertiary/aromatic N) is 1. The first kappa shape index (κ1) is 21.2. The molecule has 0 aliphatic rings. The Morgan fingerprint density at radius 2 is 2.00 bits per heavy atom. The van der Waals surface area contributed by atoms with Crippen LogP contribution in [0.15, 0.2) is 28.1 Å². The number of guanidine groups is 1. The highest BCUT2D eigenvalue weighted by molar-refractivity contribution is 14.0. The quantitative estimate of drug-likeness (QED) is 0.405. The van der Waals surface area contributed by atoms with Crippen molar-refractivity contribution in [3.63, 3.8) is 0 Å². The number of aryl methyl sites for hydroxylation is 1. The number of sulfone groups is 1. The van der Waals surface area contributed by atoms with E-state index in [4.69, 9.17) is 5.73 Å². The second kappa shape index (κ2) is 9.34. The summed E-state index contributed by atoms with van der Waals surface area (Å²) in [7, 11) is -3.17. The summed E-state index contributed by atoms with van der Waals surface area (Å²) in [6.07, 6.45) is 2.25. The lowest BCUT2D eigenvalue weighted by atomic mass is 10.1. The van der Waals surface area contributed by atoms with E-state index in [2.05, 4.69) is 24.2 Å². The fourth-order valence-electron chi connectivity index (χ4n) is 1.95. The molecule has 0 aromatic heterocycles. The van der Waals surface area contributed by atoms with E-state index >= 15 is 0 Å². The lowest BCUT2D eigenvalue weighted by molar-refractivity contribution is 0.576. The SMILES string of the molecule is Cc1cc(CN=C(N)NCCC(C)C)ccc1S(C)(=O)=O.I. The van der Waals surface area contributed by atoms with E-state index in [9.17, 15) is 8.42 Å². The Morgan fingerprint density at radius 3 is 2.50 bits per heavy atom. The van der Waals surface area contributed by atoms with Crippen LogP contribution in [0, 0.1) is 12.8 Å². The molecule has 3 N–H and O–H groups in total. The Hall–Kier alpha value is -0.830. The van der Waals surface area contributed by atoms with Gasteiger partial charge < -0.3 is 11.1 Å². The average molecular weight is 439 g/mol. The van der Waals surface area contributed by atoms with Crippen LogP contribution >= 0.6 is 24.0 Å². The van der Waals surface area contributed by atoms with Crippen molar-refractivity contribution in [1.82, 2.24) is 5.32 Å². The third kappa shape index (κ3) is 7.44. The predicted molar refractivity (Wildman–Crippen MR) is 102 cm³/mol. The first-order valence-electron chi connectivity index (χ1n) is 7.03. The topological polar surface area (TPSA) is 84.5 Å². The van der Waals surface area contributed by atoms with Crippen molar-refractivity contribution in [2.24, 2.45) is 16.6 Å². The number of rotatable bonds is 6. The van der Waals surface area contributed by atoms with Crippen LogP contribution in [0.3, 0.4) is 0 Å². The molecule has 22 heavy (non-hydrogen) atoms. The van der Waals surface area contributed by atoms with Crippen molar-refractivity contribution in [1.29, 1.82) is 0 Å². The molecule has 0 aliphatic heterocycles. The third-order valence-corrected chi connectivity index (χ3v) is 4.36. The number of hydrogen-bond acceptors (Lipinski definition) is 3. The number of hydrogen-bond donors (Lipinski definition) is 2. The fourth-order valence-corrected chi connectivity index (χ4v) is 2.91. The van der Waals surface area contributed by atoms with Crippen LogP contribution in [0.2, 0.25) is 0 Å². The highest BCUT2D eigenvalue weighted by Gasteiger charge is 2.10. The number of halogens is 1. The Morgan fingerprint density at radius 1 is 1.36 bits per heavy atom. The number of aliphatic imine (C=N–C) groups is 1. The maximum absolute atomic E-state index is 11.5. The maximum atomic E-state index is 11.5. The van der Waals surface area contributed by atoms with Crippen LogP contribution in [0.5, 0.6) is 0 Å². The zero-order chi connectivity index (χ0) is 16.0. The zero-order valence-corrected chi connectivity index (χ0v) is 16.7. The molecule has 126 valence electrons. The monoisotopic (exact) mass is 439 g/mol. The van der Waals surface area contributed by atoms with Crippen molar-refractivity contribution < 1.29 is 8.42 Å². The molecule has 0 saturated carbocycles. The Kier molecular flexibility index (Phi) is 8.99. The van der Waals surface area contributed by atoms with Gasteiger partial charge in [0.05, 0.1) is 11.4 Å². The van der Waals surface area contributed by atoms with Gasteiger partial charge in [0.2, 0.25) is 0 Å². The summed E-state index contributed by atoms with van der Waals surface area (Å²) in [5.74, 6) is 1.04. The summed E-state index contributed by atoms with van der Waals surface area (Å²) in [4.78, 5) is 4.62. The van der Waals surface area contributed by atoms with E-state index in [1.54, 1.807) is 19.1 Å². The molecule has 1 aromatic rings. The van der Waals surface area contributed by atoms with Gasteiger partial charge in [-0.1, -0.05) is 26.0 Å². The molecule has 7 heteroatoms. The summed E-state index contributed by atoms with van der Waals surface area (Å²) in [5, 5.41) is 3.07. The molecule has 1 rings (SSSR count). The van der Waals surface area contributed by atoms with Crippen LogP contribution < -0.4 is 11.1 Å². The summed E-state index contributed by atoms with van der Waals surface area (Å²) >= 11 is 0. The van der Waals surface area contributed by atoms with Crippen molar-refractivity contribution in [3.8, 4) is 0 Å². The van der Waals surface area contributed by atoms with E-state index in [1.165, 1.54) is 6.26 Å². The first-order valence-corrected chi connectivity index (χ1v) is 8.92. The molecule has 5 nitrogen and oxygen atoms in total. The molecule has 0 heterocycles. The summed E-state index contributed by atoms with van der Waals surface area (Å²) < 4.78 is 23.1. The van der Waals surface area contributed by atoms with Crippen LogP contribution in [-0.2, 0) is 16.4 Å². The Balaban J connectivity index is 0.00000441. The Labute approximate surface area is 150 Å². The maximum Gasteiger partial charge on any atom is 0.188 e. The fraction of sp³-hybridized carbons (Fsp3) is 0.533. The minimum Gasteiger partial charge on any atom is -0.370 e. The molecule has 0 bridgehead atoms. The van der Waals surface area contributed by atoms with Crippen LogP contribution in [0.25, 0.3) is 0 Å². The van der Waals surface area contributed by atoms with Gasteiger partial charge >= 0.3 is 0 Å². The van der Waals surface area contributed by atoms with Crippen LogP contribution in [0.1, 0.15) is 31.4 Å². The van der Waals surface area contributed by atoms with Crippen molar-refractivity contribution >= 4 is 39.8 Å². The lowest BCUT2D eigenvalue weighted by Crippen LogP contribution is -2.32. The lowest BCUT2D eigenvalue weighted by Gasteiger charge is -2.08. The highest BCUT2D eigenvalue weighted by atomic mass is 127. The van der Waals surface area contributed by atoms with Crippen LogP contribution in [-0.4, -0.2) is 27.2 Å². The summed E-state index contributed by atoms with van der Waals surface area (Å²) in [6.45, 7) is 7.33. The second-order valence-electron chi connectivity index (χ2n) is 5.68. The number of benzene rings is 1. The molecular weight excluding hydrogens is 413 g/mol. The summed E-state index contributed by atoms with van der Waals surface area (Å²) in [6, 6.07) is 5.23. The minimum absolute atomic E-state index is 0. The molecule has 1 aromatic carbocycles. The van der Waals surface area contributed by atoms with Gasteiger partial charge in [-0.15, -0.1) is 24.0 Å². The normalized spacial score (nSPS) is 12.1. The molecule has 0 aliphatic carbocycles. The van der Waals surface area contributed by atoms with Gasteiger partial charge in [-0.3, -0.25) is 0 Å². The van der Waals surface area contributed by atoms with Gasteiger partial charge in [-0.25, -0.2) is 13.4 Å². The molecular formula is C15H26IN3O2S. The standard InChI is InChI=1S/C15H25N3O2S.HI/c1-11(2)7-8-17-15(16)18-10-13-5-6-14(12(3)9-13)21(4,19)20;/h5-6,9,11H,7-8,10H2,1-4H3,(H3,16,17,18);1H. The van der Waals surface area contributed by atoms with Crippen molar-refractivity contribution in [2.45, 2.75) is 38.6 Å². The van der Waals surface area contributed by atoms with E-state index in [1.807, 2.05) is 6.07 Å². The van der Waals surface area contributed by atoms with E-state index in [-0.39, 0.29) is 24.0 Å².